The minimum atomic E-state index is -0.209. The Morgan fingerprint density at radius 3 is 1.67 bits per heavy atom. The molecule has 1 fully saturated rings. The van der Waals surface area contributed by atoms with Gasteiger partial charge in [-0.05, 0) is 17.5 Å². The summed E-state index contributed by atoms with van der Waals surface area (Å²) in [6.45, 7) is 3.94. The third kappa shape index (κ3) is 8.04. The van der Waals surface area contributed by atoms with Crippen molar-refractivity contribution in [1.82, 2.24) is 0 Å². The minimum Gasteiger partial charge on any atom is -0.348 e. The van der Waals surface area contributed by atoms with Crippen LogP contribution in [0.1, 0.15) is 102 Å². The van der Waals surface area contributed by atoms with Crippen LogP contribution in [0.3, 0.4) is 0 Å². The van der Waals surface area contributed by atoms with E-state index in [4.69, 9.17) is 9.47 Å². The lowest BCUT2D eigenvalue weighted by molar-refractivity contribution is -0.206. The summed E-state index contributed by atoms with van der Waals surface area (Å²) in [4.78, 5) is 0. The van der Waals surface area contributed by atoms with E-state index in [-0.39, 0.29) is 6.29 Å². The Morgan fingerprint density at radius 1 is 0.633 bits per heavy atom. The molecule has 2 heteroatoms. The van der Waals surface area contributed by atoms with Crippen molar-refractivity contribution in [3.8, 4) is 11.1 Å². The van der Waals surface area contributed by atoms with E-state index in [1.165, 1.54) is 94.6 Å². The topological polar surface area (TPSA) is 18.5 Å². The van der Waals surface area contributed by atoms with E-state index < -0.39 is 0 Å². The van der Waals surface area contributed by atoms with Crippen LogP contribution in [0.2, 0.25) is 0 Å². The molecule has 0 aromatic rings. The fourth-order valence-electron chi connectivity index (χ4n) is 4.51. The molecule has 0 unspecified atom stereocenters. The molecule has 0 atom stereocenters. The molecule has 0 N–H and O–H groups in total. The number of ether oxygens (including phenoxy) is 2. The van der Waals surface area contributed by atoms with Gasteiger partial charge in [-0.25, -0.2) is 0 Å². The third-order valence-corrected chi connectivity index (χ3v) is 6.50. The van der Waals surface area contributed by atoms with Crippen LogP contribution in [0, 0.1) is 5.92 Å². The van der Waals surface area contributed by atoms with E-state index in [0.717, 1.165) is 18.8 Å². The fourth-order valence-corrected chi connectivity index (χ4v) is 4.51. The molecule has 1 heterocycles. The fraction of sp³-hybridized carbons (Fsp3) is 0.643. The molecule has 166 valence electrons. The van der Waals surface area contributed by atoms with Gasteiger partial charge in [0.05, 0.1) is 13.2 Å². The maximum Gasteiger partial charge on any atom is 0.183 e. The Morgan fingerprint density at radius 2 is 1.13 bits per heavy atom. The second kappa shape index (κ2) is 13.8. The molecular weight excluding hydrogens is 368 g/mol. The average molecular weight is 411 g/mol. The van der Waals surface area contributed by atoms with Gasteiger partial charge in [-0.1, -0.05) is 126 Å². The van der Waals surface area contributed by atoms with Gasteiger partial charge < -0.3 is 9.47 Å². The van der Waals surface area contributed by atoms with Crippen LogP contribution in [0.4, 0.5) is 0 Å². The quantitative estimate of drug-likeness (QED) is 0.290. The highest BCUT2D eigenvalue weighted by atomic mass is 16.7. The van der Waals surface area contributed by atoms with Crippen molar-refractivity contribution >= 4 is 0 Å². The molecule has 3 aliphatic rings. The lowest BCUT2D eigenvalue weighted by atomic mass is 10.0. The van der Waals surface area contributed by atoms with Crippen molar-refractivity contribution in [3.05, 3.63) is 48.0 Å². The zero-order valence-corrected chi connectivity index (χ0v) is 19.1. The highest BCUT2D eigenvalue weighted by molar-refractivity contribution is 5.65. The van der Waals surface area contributed by atoms with Crippen molar-refractivity contribution in [2.45, 2.75) is 96.7 Å². The predicted octanol–water partition coefficient (Wildman–Crippen LogP) is 8.54. The first-order valence-electron chi connectivity index (χ1n) is 12.6. The SMILES string of the molecule is CCCCCCCCCCCCCCC1COC(c2ccc3cccc-3cc2)OC1. The average Bonchev–Trinajstić information content (AvgIpc) is 3.13. The minimum absolute atomic E-state index is 0.209. The van der Waals surface area contributed by atoms with Gasteiger partial charge in [0.15, 0.2) is 6.29 Å². The maximum absolute atomic E-state index is 6.06. The molecular formula is C28H42O2. The monoisotopic (exact) mass is 410 g/mol. The van der Waals surface area contributed by atoms with E-state index in [1.54, 1.807) is 0 Å². The summed E-state index contributed by atoms with van der Waals surface area (Å²) in [5, 5.41) is 0. The van der Waals surface area contributed by atoms with Crippen molar-refractivity contribution in [3.63, 3.8) is 0 Å². The summed E-state index contributed by atoms with van der Waals surface area (Å²) >= 11 is 0. The van der Waals surface area contributed by atoms with E-state index >= 15 is 0 Å². The first-order valence-corrected chi connectivity index (χ1v) is 12.6. The molecule has 1 saturated heterocycles. The molecule has 2 nitrogen and oxygen atoms in total. The van der Waals surface area contributed by atoms with Crippen molar-refractivity contribution < 1.29 is 9.47 Å². The van der Waals surface area contributed by atoms with Crippen LogP contribution >= 0.6 is 0 Å². The number of hydrogen-bond acceptors (Lipinski definition) is 2. The number of rotatable bonds is 14. The second-order valence-corrected chi connectivity index (χ2v) is 9.15. The van der Waals surface area contributed by atoms with Crippen LogP contribution in [-0.2, 0) is 9.47 Å². The first kappa shape index (κ1) is 23.3. The normalized spacial score (nSPS) is 19.4. The van der Waals surface area contributed by atoms with Gasteiger partial charge >= 0.3 is 0 Å². The molecule has 0 saturated carbocycles. The van der Waals surface area contributed by atoms with Gasteiger partial charge in [0, 0.05) is 11.5 Å². The smallest absolute Gasteiger partial charge is 0.183 e. The van der Waals surface area contributed by atoms with Crippen LogP contribution in [-0.4, -0.2) is 13.2 Å². The first-order chi connectivity index (χ1) is 14.9. The van der Waals surface area contributed by atoms with E-state index in [1.807, 2.05) is 0 Å². The van der Waals surface area contributed by atoms with Crippen molar-refractivity contribution in [2.24, 2.45) is 5.92 Å². The Balaban J connectivity index is 1.20. The van der Waals surface area contributed by atoms with E-state index in [9.17, 15) is 0 Å². The summed E-state index contributed by atoms with van der Waals surface area (Å²) in [5.74, 6) is 0.558. The largest absolute Gasteiger partial charge is 0.348 e. The second-order valence-electron chi connectivity index (χ2n) is 9.15. The molecule has 0 bridgehead atoms. The molecule has 30 heavy (non-hydrogen) atoms. The molecule has 3 rings (SSSR count). The summed E-state index contributed by atoms with van der Waals surface area (Å²) < 4.78 is 12.1. The van der Waals surface area contributed by atoms with Gasteiger partial charge in [0.2, 0.25) is 0 Å². The van der Waals surface area contributed by atoms with Crippen molar-refractivity contribution in [1.29, 1.82) is 0 Å². The summed E-state index contributed by atoms with van der Waals surface area (Å²) in [6.07, 6.45) is 17.9. The molecule has 0 radical (unpaired) electrons. The van der Waals surface area contributed by atoms with Gasteiger partial charge in [0.25, 0.3) is 0 Å². The number of fused-ring (bicyclic) bond motifs is 1. The van der Waals surface area contributed by atoms with Gasteiger partial charge in [-0.3, -0.25) is 0 Å². The molecule has 0 spiro atoms. The van der Waals surface area contributed by atoms with Crippen molar-refractivity contribution in [2.75, 3.05) is 13.2 Å². The molecule has 2 aliphatic carbocycles. The number of hydrogen-bond donors (Lipinski definition) is 0. The summed E-state index contributed by atoms with van der Waals surface area (Å²) in [6, 6.07) is 15.0. The van der Waals surface area contributed by atoms with Crippen LogP contribution < -0.4 is 0 Å². The van der Waals surface area contributed by atoms with E-state index in [2.05, 4.69) is 49.4 Å². The predicted molar refractivity (Wildman–Crippen MR) is 127 cm³/mol. The highest BCUT2D eigenvalue weighted by Crippen LogP contribution is 2.29. The Kier molecular flexibility index (Phi) is 10.7. The van der Waals surface area contributed by atoms with Gasteiger partial charge in [0.1, 0.15) is 0 Å². The Labute approximate surface area is 184 Å². The lowest BCUT2D eigenvalue weighted by Crippen LogP contribution is -2.26. The third-order valence-electron chi connectivity index (χ3n) is 6.50. The molecule has 0 aromatic heterocycles. The zero-order valence-electron chi connectivity index (χ0n) is 19.1. The molecule has 1 aliphatic heterocycles. The standard InChI is InChI=1S/C28H42O2/c1-2-3-4-5-6-7-8-9-10-11-12-13-15-24-22-29-28(30-23-24)27-20-18-25-16-14-17-26(25)19-21-27/h14,16-21,24,28H,2-13,15,22-23H2,1H3. The lowest BCUT2D eigenvalue weighted by Gasteiger charge is -2.29. The van der Waals surface area contributed by atoms with E-state index in [0.29, 0.717) is 5.92 Å². The maximum atomic E-state index is 6.06. The number of unbranched alkanes of at least 4 members (excludes halogenated alkanes) is 11. The van der Waals surface area contributed by atoms with Crippen LogP contribution in [0.5, 0.6) is 0 Å². The summed E-state index contributed by atoms with van der Waals surface area (Å²) in [7, 11) is 0. The van der Waals surface area contributed by atoms with Crippen LogP contribution in [0.25, 0.3) is 11.1 Å². The zero-order chi connectivity index (χ0) is 20.9. The highest BCUT2D eigenvalue weighted by Gasteiger charge is 2.23. The van der Waals surface area contributed by atoms with Gasteiger partial charge in [-0.15, -0.1) is 0 Å². The Bertz CT molecular complexity index is 629. The molecule has 0 aromatic carbocycles. The molecule has 0 amide bonds. The Hall–Kier alpha value is -1.38. The van der Waals surface area contributed by atoms with Crippen LogP contribution in [0.15, 0.2) is 42.5 Å². The van der Waals surface area contributed by atoms with Gasteiger partial charge in [-0.2, -0.15) is 0 Å². The summed E-state index contributed by atoms with van der Waals surface area (Å²) in [5.41, 5.74) is 3.65.